The Morgan fingerprint density at radius 1 is 1.26 bits per heavy atom. The van der Waals surface area contributed by atoms with Gasteiger partial charge in [0, 0.05) is 42.5 Å². The highest BCUT2D eigenvalue weighted by molar-refractivity contribution is 7.99. The average Bonchev–Trinajstić information content (AvgIpc) is 2.80. The second-order valence-electron chi connectivity index (χ2n) is 4.47. The van der Waals surface area contributed by atoms with Gasteiger partial charge in [0.2, 0.25) is 0 Å². The first-order valence-corrected chi connectivity index (χ1v) is 7.68. The second-order valence-corrected chi connectivity index (χ2v) is 5.63. The van der Waals surface area contributed by atoms with Gasteiger partial charge in [-0.05, 0) is 18.6 Å². The van der Waals surface area contributed by atoms with Crippen LogP contribution < -0.4 is 5.32 Å². The summed E-state index contributed by atoms with van der Waals surface area (Å²) < 4.78 is 1.90. The van der Waals surface area contributed by atoms with Crippen molar-refractivity contribution in [1.82, 2.24) is 15.1 Å². The van der Waals surface area contributed by atoms with E-state index in [2.05, 4.69) is 53.9 Å². The van der Waals surface area contributed by atoms with Crippen molar-refractivity contribution in [2.75, 3.05) is 12.3 Å². The van der Waals surface area contributed by atoms with Crippen LogP contribution >= 0.6 is 11.8 Å². The molecule has 0 aliphatic carbocycles. The molecule has 0 saturated heterocycles. The van der Waals surface area contributed by atoms with Gasteiger partial charge in [0.05, 0.1) is 5.69 Å². The Hall–Kier alpha value is -1.26. The van der Waals surface area contributed by atoms with Crippen molar-refractivity contribution in [2.45, 2.75) is 24.8 Å². The minimum atomic E-state index is 0.909. The van der Waals surface area contributed by atoms with Gasteiger partial charge in [-0.25, -0.2) is 0 Å². The number of nitrogens with zero attached hydrogens (tertiary/aromatic N) is 2. The van der Waals surface area contributed by atoms with Gasteiger partial charge >= 0.3 is 0 Å². The molecule has 1 heterocycles. The van der Waals surface area contributed by atoms with Crippen molar-refractivity contribution >= 4 is 11.8 Å². The number of aryl methyl sites for hydroxylation is 2. The maximum atomic E-state index is 4.45. The Kier molecular flexibility index (Phi) is 5.48. The Labute approximate surface area is 119 Å². The molecule has 1 aromatic heterocycles. The highest BCUT2D eigenvalue weighted by atomic mass is 32.2. The van der Waals surface area contributed by atoms with E-state index in [1.54, 1.807) is 0 Å². The topological polar surface area (TPSA) is 29.9 Å². The van der Waals surface area contributed by atoms with E-state index in [1.165, 1.54) is 16.2 Å². The Morgan fingerprint density at radius 3 is 2.79 bits per heavy atom. The SMILES string of the molecule is CCc1nn(C)cc1CNCCSc1ccccc1. The van der Waals surface area contributed by atoms with Crippen molar-refractivity contribution in [2.24, 2.45) is 7.05 Å². The largest absolute Gasteiger partial charge is 0.312 e. The van der Waals surface area contributed by atoms with E-state index in [4.69, 9.17) is 0 Å². The van der Waals surface area contributed by atoms with Crippen molar-refractivity contribution in [1.29, 1.82) is 0 Å². The quantitative estimate of drug-likeness (QED) is 0.622. The first-order valence-electron chi connectivity index (χ1n) is 6.69. The zero-order valence-corrected chi connectivity index (χ0v) is 12.4. The lowest BCUT2D eigenvalue weighted by Crippen LogP contribution is -2.17. The van der Waals surface area contributed by atoms with Crippen LogP contribution in [0.25, 0.3) is 0 Å². The lowest BCUT2D eigenvalue weighted by atomic mass is 10.2. The van der Waals surface area contributed by atoms with Crippen molar-refractivity contribution in [3.8, 4) is 0 Å². The fourth-order valence-electron chi connectivity index (χ4n) is 2.01. The lowest BCUT2D eigenvalue weighted by Gasteiger charge is -2.04. The molecule has 4 heteroatoms. The van der Waals surface area contributed by atoms with E-state index in [9.17, 15) is 0 Å². The molecule has 2 aromatic rings. The third kappa shape index (κ3) is 4.40. The number of hydrogen-bond acceptors (Lipinski definition) is 3. The number of aromatic nitrogens is 2. The summed E-state index contributed by atoms with van der Waals surface area (Å²) in [6, 6.07) is 10.5. The molecule has 0 bridgehead atoms. The van der Waals surface area contributed by atoms with Gasteiger partial charge < -0.3 is 5.32 Å². The highest BCUT2D eigenvalue weighted by Crippen LogP contribution is 2.15. The maximum absolute atomic E-state index is 4.45. The van der Waals surface area contributed by atoms with Crippen molar-refractivity contribution < 1.29 is 0 Å². The van der Waals surface area contributed by atoms with Gasteiger partial charge in [-0.15, -0.1) is 11.8 Å². The van der Waals surface area contributed by atoms with Crippen LogP contribution in [0.2, 0.25) is 0 Å². The van der Waals surface area contributed by atoms with Gasteiger partial charge in [-0.2, -0.15) is 5.10 Å². The third-order valence-corrected chi connectivity index (χ3v) is 3.95. The average molecular weight is 275 g/mol. The summed E-state index contributed by atoms with van der Waals surface area (Å²) in [4.78, 5) is 1.33. The summed E-state index contributed by atoms with van der Waals surface area (Å²) in [5.74, 6) is 1.09. The van der Waals surface area contributed by atoms with Gasteiger partial charge in [-0.3, -0.25) is 4.68 Å². The van der Waals surface area contributed by atoms with Gasteiger partial charge in [0.1, 0.15) is 0 Å². The van der Waals surface area contributed by atoms with E-state index in [-0.39, 0.29) is 0 Å². The molecule has 2 rings (SSSR count). The molecular formula is C15H21N3S. The standard InChI is InChI=1S/C15H21N3S/c1-3-15-13(12-18(2)17-15)11-16-9-10-19-14-7-5-4-6-8-14/h4-8,12,16H,3,9-11H2,1-2H3. The number of benzene rings is 1. The van der Waals surface area contributed by atoms with Crippen molar-refractivity contribution in [3.05, 3.63) is 47.8 Å². The molecule has 0 spiro atoms. The summed E-state index contributed by atoms with van der Waals surface area (Å²) in [7, 11) is 1.98. The molecule has 102 valence electrons. The first-order chi connectivity index (χ1) is 9.29. The monoisotopic (exact) mass is 275 g/mol. The molecule has 0 amide bonds. The third-order valence-electron chi connectivity index (χ3n) is 2.93. The Balaban J connectivity index is 1.69. The predicted molar refractivity (Wildman–Crippen MR) is 81.5 cm³/mol. The minimum absolute atomic E-state index is 0.909. The van der Waals surface area contributed by atoms with Crippen LogP contribution in [0.4, 0.5) is 0 Å². The summed E-state index contributed by atoms with van der Waals surface area (Å²) >= 11 is 1.89. The molecule has 0 aliphatic rings. The smallest absolute Gasteiger partial charge is 0.0666 e. The van der Waals surface area contributed by atoms with Gasteiger partial charge in [-0.1, -0.05) is 25.1 Å². The predicted octanol–water partition coefficient (Wildman–Crippen LogP) is 2.86. The zero-order valence-electron chi connectivity index (χ0n) is 11.6. The zero-order chi connectivity index (χ0) is 13.5. The van der Waals surface area contributed by atoms with Gasteiger partial charge in [0.25, 0.3) is 0 Å². The molecule has 1 N–H and O–H groups in total. The van der Waals surface area contributed by atoms with Gasteiger partial charge in [0.15, 0.2) is 0 Å². The van der Waals surface area contributed by atoms with E-state index in [0.717, 1.165) is 25.3 Å². The van der Waals surface area contributed by atoms with Crippen LogP contribution in [0.1, 0.15) is 18.2 Å². The van der Waals surface area contributed by atoms with E-state index in [1.807, 2.05) is 23.5 Å². The Morgan fingerprint density at radius 2 is 2.05 bits per heavy atom. The van der Waals surface area contributed by atoms with Crippen LogP contribution in [-0.2, 0) is 20.0 Å². The van der Waals surface area contributed by atoms with Crippen LogP contribution in [0.3, 0.4) is 0 Å². The normalized spacial score (nSPS) is 10.8. The summed E-state index contributed by atoms with van der Waals surface area (Å²) in [6.45, 7) is 4.07. The lowest BCUT2D eigenvalue weighted by molar-refractivity contribution is 0.725. The maximum Gasteiger partial charge on any atom is 0.0666 e. The number of rotatable bonds is 7. The molecule has 19 heavy (non-hydrogen) atoms. The van der Waals surface area contributed by atoms with Crippen LogP contribution in [0, 0.1) is 0 Å². The fourth-order valence-corrected chi connectivity index (χ4v) is 2.84. The fraction of sp³-hybridized carbons (Fsp3) is 0.400. The van der Waals surface area contributed by atoms with E-state index >= 15 is 0 Å². The molecule has 0 aliphatic heterocycles. The number of hydrogen-bond donors (Lipinski definition) is 1. The van der Waals surface area contributed by atoms with E-state index in [0.29, 0.717) is 0 Å². The molecule has 0 atom stereocenters. The number of thioether (sulfide) groups is 1. The van der Waals surface area contributed by atoms with Crippen molar-refractivity contribution in [3.63, 3.8) is 0 Å². The van der Waals surface area contributed by atoms with Crippen LogP contribution in [-0.4, -0.2) is 22.1 Å². The molecule has 0 fully saturated rings. The molecule has 0 radical (unpaired) electrons. The second kappa shape index (κ2) is 7.36. The summed E-state index contributed by atoms with van der Waals surface area (Å²) in [6.07, 6.45) is 3.10. The molecule has 1 aromatic carbocycles. The first kappa shape index (κ1) is 14.2. The van der Waals surface area contributed by atoms with Crippen LogP contribution in [0.5, 0.6) is 0 Å². The Bertz CT molecular complexity index is 493. The minimum Gasteiger partial charge on any atom is -0.312 e. The number of nitrogens with one attached hydrogen (secondary N) is 1. The van der Waals surface area contributed by atoms with Crippen LogP contribution in [0.15, 0.2) is 41.4 Å². The summed E-state index contributed by atoms with van der Waals surface area (Å²) in [5.41, 5.74) is 2.51. The molecule has 0 saturated carbocycles. The molecule has 0 unspecified atom stereocenters. The highest BCUT2D eigenvalue weighted by Gasteiger charge is 2.04. The molecule has 3 nitrogen and oxygen atoms in total. The molecular weight excluding hydrogens is 254 g/mol. The van der Waals surface area contributed by atoms with E-state index < -0.39 is 0 Å². The summed E-state index contributed by atoms with van der Waals surface area (Å²) in [5, 5.41) is 7.93.